The molecule has 1 amide bonds. The van der Waals surface area contributed by atoms with E-state index in [0.717, 1.165) is 5.56 Å². The Hall–Kier alpha value is -2.51. The smallest absolute Gasteiger partial charge is 0.274 e. The summed E-state index contributed by atoms with van der Waals surface area (Å²) < 4.78 is 21.8. The maximum Gasteiger partial charge on any atom is 0.274 e. The lowest BCUT2D eigenvalue weighted by atomic mass is 10.2. The molecule has 0 aliphatic rings. The van der Waals surface area contributed by atoms with Crippen molar-refractivity contribution >= 4 is 27.5 Å². The lowest BCUT2D eigenvalue weighted by molar-refractivity contribution is 0.0986. The number of anilines is 1. The molecule has 0 unspecified atom stereocenters. The fourth-order valence-corrected chi connectivity index (χ4v) is 2.97. The van der Waals surface area contributed by atoms with Crippen molar-refractivity contribution in [3.63, 3.8) is 0 Å². The SMILES string of the molecule is Cc1cnn(CCOCc2ccccc2)c1C(=O)Nc1ccc(Br)cc1F. The molecular weight excluding hydrogens is 413 g/mol. The van der Waals surface area contributed by atoms with Crippen LogP contribution < -0.4 is 5.32 Å². The van der Waals surface area contributed by atoms with Gasteiger partial charge in [0.15, 0.2) is 0 Å². The van der Waals surface area contributed by atoms with Gasteiger partial charge in [0.05, 0.1) is 31.6 Å². The molecule has 0 radical (unpaired) electrons. The summed E-state index contributed by atoms with van der Waals surface area (Å²) in [5.74, 6) is -0.915. The lowest BCUT2D eigenvalue weighted by Gasteiger charge is -2.11. The van der Waals surface area contributed by atoms with Crippen molar-refractivity contribution in [2.75, 3.05) is 11.9 Å². The van der Waals surface area contributed by atoms with Gasteiger partial charge in [-0.1, -0.05) is 46.3 Å². The second-order valence-electron chi connectivity index (χ2n) is 6.02. The van der Waals surface area contributed by atoms with Crippen LogP contribution in [0.25, 0.3) is 0 Å². The predicted molar refractivity (Wildman–Crippen MR) is 105 cm³/mol. The zero-order valence-electron chi connectivity index (χ0n) is 14.8. The van der Waals surface area contributed by atoms with E-state index in [9.17, 15) is 9.18 Å². The number of nitrogens with one attached hydrogen (secondary N) is 1. The van der Waals surface area contributed by atoms with Crippen molar-refractivity contribution < 1.29 is 13.9 Å². The molecule has 140 valence electrons. The molecule has 3 rings (SSSR count). The van der Waals surface area contributed by atoms with Crippen LogP contribution in [0.15, 0.2) is 59.2 Å². The molecule has 1 N–H and O–H groups in total. The minimum atomic E-state index is -0.507. The van der Waals surface area contributed by atoms with Crippen molar-refractivity contribution in [3.05, 3.63) is 81.8 Å². The minimum Gasteiger partial charge on any atom is -0.375 e. The molecule has 1 aromatic heterocycles. The molecule has 0 saturated heterocycles. The number of amides is 1. The number of ether oxygens (including phenoxy) is 1. The number of hydrogen-bond acceptors (Lipinski definition) is 3. The molecule has 0 spiro atoms. The van der Waals surface area contributed by atoms with Crippen LogP contribution in [0, 0.1) is 12.7 Å². The lowest BCUT2D eigenvalue weighted by Crippen LogP contribution is -2.21. The fourth-order valence-electron chi connectivity index (χ4n) is 2.63. The van der Waals surface area contributed by atoms with E-state index >= 15 is 0 Å². The molecule has 0 bridgehead atoms. The van der Waals surface area contributed by atoms with Crippen molar-refractivity contribution in [1.29, 1.82) is 0 Å². The normalized spacial score (nSPS) is 10.8. The predicted octanol–water partition coefficient (Wildman–Crippen LogP) is 4.56. The van der Waals surface area contributed by atoms with Gasteiger partial charge in [0.1, 0.15) is 11.5 Å². The van der Waals surface area contributed by atoms with E-state index in [1.807, 2.05) is 30.3 Å². The Labute approximate surface area is 165 Å². The zero-order chi connectivity index (χ0) is 19.2. The van der Waals surface area contributed by atoms with E-state index in [0.29, 0.717) is 35.5 Å². The van der Waals surface area contributed by atoms with E-state index < -0.39 is 11.7 Å². The van der Waals surface area contributed by atoms with E-state index in [2.05, 4.69) is 26.3 Å². The first kappa shape index (κ1) is 19.3. The van der Waals surface area contributed by atoms with Gasteiger partial charge in [-0.15, -0.1) is 0 Å². The van der Waals surface area contributed by atoms with Crippen LogP contribution in [0.4, 0.5) is 10.1 Å². The highest BCUT2D eigenvalue weighted by atomic mass is 79.9. The Balaban J connectivity index is 1.62. The van der Waals surface area contributed by atoms with Gasteiger partial charge in [-0.2, -0.15) is 5.10 Å². The molecule has 0 aliphatic carbocycles. The van der Waals surface area contributed by atoms with Gasteiger partial charge < -0.3 is 10.1 Å². The van der Waals surface area contributed by atoms with Gasteiger partial charge >= 0.3 is 0 Å². The number of aromatic nitrogens is 2. The van der Waals surface area contributed by atoms with E-state index in [4.69, 9.17) is 4.74 Å². The number of aryl methyl sites for hydroxylation is 1. The average molecular weight is 432 g/mol. The van der Waals surface area contributed by atoms with Crippen LogP contribution in [0.3, 0.4) is 0 Å². The van der Waals surface area contributed by atoms with Crippen LogP contribution in [-0.4, -0.2) is 22.3 Å². The summed E-state index contributed by atoms with van der Waals surface area (Å²) in [4.78, 5) is 12.6. The summed E-state index contributed by atoms with van der Waals surface area (Å²) in [7, 11) is 0. The number of nitrogens with zero attached hydrogens (tertiary/aromatic N) is 2. The summed E-state index contributed by atoms with van der Waals surface area (Å²) in [6.45, 7) is 3.11. The van der Waals surface area contributed by atoms with E-state index in [-0.39, 0.29) is 5.69 Å². The van der Waals surface area contributed by atoms with Gasteiger partial charge in [0.2, 0.25) is 0 Å². The summed E-state index contributed by atoms with van der Waals surface area (Å²) in [6, 6.07) is 14.3. The zero-order valence-corrected chi connectivity index (χ0v) is 16.4. The molecule has 2 aromatic carbocycles. The number of halogens is 2. The van der Waals surface area contributed by atoms with Crippen molar-refractivity contribution in [2.45, 2.75) is 20.1 Å². The summed E-state index contributed by atoms with van der Waals surface area (Å²) in [5, 5.41) is 6.84. The molecular formula is C20H19BrFN3O2. The van der Waals surface area contributed by atoms with Crippen molar-refractivity contribution in [2.24, 2.45) is 0 Å². The van der Waals surface area contributed by atoms with Gasteiger partial charge in [-0.05, 0) is 36.2 Å². The first-order valence-electron chi connectivity index (χ1n) is 8.45. The monoisotopic (exact) mass is 431 g/mol. The largest absolute Gasteiger partial charge is 0.375 e. The fraction of sp³-hybridized carbons (Fsp3) is 0.200. The highest BCUT2D eigenvalue weighted by Gasteiger charge is 2.17. The third-order valence-corrected chi connectivity index (χ3v) is 4.47. The quantitative estimate of drug-likeness (QED) is 0.557. The second kappa shape index (κ2) is 8.92. The average Bonchev–Trinajstić information content (AvgIpc) is 3.02. The Kier molecular flexibility index (Phi) is 6.36. The van der Waals surface area contributed by atoms with E-state index in [1.165, 1.54) is 12.1 Å². The summed E-state index contributed by atoms with van der Waals surface area (Å²) in [6.07, 6.45) is 1.62. The molecule has 0 aliphatic heterocycles. The highest BCUT2D eigenvalue weighted by Crippen LogP contribution is 2.20. The van der Waals surface area contributed by atoms with Crippen molar-refractivity contribution in [3.8, 4) is 0 Å². The number of hydrogen-bond donors (Lipinski definition) is 1. The number of benzene rings is 2. The molecule has 7 heteroatoms. The standard InChI is InChI=1S/C20H19BrFN3O2/c1-14-12-23-25(9-10-27-13-15-5-3-2-4-6-15)19(14)20(26)24-18-8-7-16(21)11-17(18)22/h2-8,11-12H,9-10,13H2,1H3,(H,24,26). The number of carbonyl (C=O) groups is 1. The first-order valence-corrected chi connectivity index (χ1v) is 9.24. The summed E-state index contributed by atoms with van der Waals surface area (Å²) >= 11 is 3.20. The third-order valence-electron chi connectivity index (χ3n) is 3.98. The maximum absolute atomic E-state index is 14.0. The maximum atomic E-state index is 14.0. The second-order valence-corrected chi connectivity index (χ2v) is 6.93. The van der Waals surface area contributed by atoms with Gasteiger partial charge in [-0.3, -0.25) is 9.48 Å². The first-order chi connectivity index (χ1) is 13.0. The molecule has 3 aromatic rings. The van der Waals surface area contributed by atoms with Gasteiger partial charge in [0.25, 0.3) is 5.91 Å². The topological polar surface area (TPSA) is 56.2 Å². The number of carbonyl (C=O) groups excluding carboxylic acids is 1. The highest BCUT2D eigenvalue weighted by molar-refractivity contribution is 9.10. The minimum absolute atomic E-state index is 0.121. The Morgan fingerprint density at radius 1 is 1.26 bits per heavy atom. The van der Waals surface area contributed by atoms with Crippen LogP contribution in [0.1, 0.15) is 21.6 Å². The van der Waals surface area contributed by atoms with Crippen LogP contribution in [0.5, 0.6) is 0 Å². The third kappa shape index (κ3) is 5.02. The van der Waals surface area contributed by atoms with Crippen LogP contribution >= 0.6 is 15.9 Å². The van der Waals surface area contributed by atoms with Gasteiger partial charge in [-0.25, -0.2) is 4.39 Å². The Morgan fingerprint density at radius 3 is 2.78 bits per heavy atom. The molecule has 1 heterocycles. The van der Waals surface area contributed by atoms with Gasteiger partial charge in [0, 0.05) is 4.47 Å². The Bertz CT molecular complexity index is 928. The molecule has 0 saturated carbocycles. The molecule has 0 fully saturated rings. The molecule has 27 heavy (non-hydrogen) atoms. The van der Waals surface area contributed by atoms with E-state index in [1.54, 1.807) is 23.9 Å². The Morgan fingerprint density at radius 2 is 2.04 bits per heavy atom. The van der Waals surface area contributed by atoms with Crippen molar-refractivity contribution in [1.82, 2.24) is 9.78 Å². The summed E-state index contributed by atoms with van der Waals surface area (Å²) in [5.41, 5.74) is 2.31. The molecule has 5 nitrogen and oxygen atoms in total. The van der Waals surface area contributed by atoms with Crippen LogP contribution in [0.2, 0.25) is 0 Å². The number of rotatable bonds is 7. The molecule has 0 atom stereocenters. The van der Waals surface area contributed by atoms with Crippen LogP contribution in [-0.2, 0) is 17.9 Å².